The molecule has 0 aromatic heterocycles. The molecule has 0 atom stereocenters. The van der Waals surface area contributed by atoms with Gasteiger partial charge in [-0.15, -0.1) is 0 Å². The van der Waals surface area contributed by atoms with E-state index in [9.17, 15) is 10.2 Å². The number of unbranched alkanes of at least 4 members (excludes halogenated alkanes) is 2. The largest absolute Gasteiger partial charge is 0.504 e. The van der Waals surface area contributed by atoms with Crippen molar-refractivity contribution in [3.8, 4) is 23.0 Å². The lowest BCUT2D eigenvalue weighted by molar-refractivity contribution is 0.251. The minimum Gasteiger partial charge on any atom is -0.504 e. The molecule has 0 fully saturated rings. The fraction of sp³-hybridized carbons (Fsp3) is 0.727. The van der Waals surface area contributed by atoms with Crippen molar-refractivity contribution in [3.05, 3.63) is 11.1 Å². The van der Waals surface area contributed by atoms with Gasteiger partial charge in [-0.25, -0.2) is 0 Å². The number of rotatable bonds is 12. The number of ether oxygens (including phenoxy) is 2. The first-order valence-electron chi connectivity index (χ1n) is 10.2. The number of phenolic OH excluding ortho intramolecular Hbond substituents is 2. The number of hydrogen-bond donors (Lipinski definition) is 2. The lowest BCUT2D eigenvalue weighted by Crippen LogP contribution is -2.10. The van der Waals surface area contributed by atoms with Gasteiger partial charge in [0, 0.05) is 11.1 Å². The van der Waals surface area contributed by atoms with E-state index in [0.717, 1.165) is 25.7 Å². The van der Waals surface area contributed by atoms with E-state index in [-0.39, 0.29) is 11.5 Å². The molecule has 0 aliphatic carbocycles. The monoisotopic (exact) mass is 366 g/mol. The third kappa shape index (κ3) is 6.30. The van der Waals surface area contributed by atoms with Crippen LogP contribution < -0.4 is 9.47 Å². The minimum absolute atomic E-state index is 0.0521. The highest BCUT2D eigenvalue weighted by Crippen LogP contribution is 2.49. The second kappa shape index (κ2) is 11.2. The lowest BCUT2D eigenvalue weighted by atomic mass is 9.94. The zero-order valence-corrected chi connectivity index (χ0v) is 17.5. The molecule has 1 rings (SSSR count). The van der Waals surface area contributed by atoms with Gasteiger partial charge in [0.1, 0.15) is 0 Å². The molecular weight excluding hydrogens is 328 g/mol. The van der Waals surface area contributed by atoms with E-state index < -0.39 is 0 Å². The number of benzene rings is 1. The smallest absolute Gasteiger partial charge is 0.168 e. The van der Waals surface area contributed by atoms with Crippen LogP contribution in [0.5, 0.6) is 23.0 Å². The second-order valence-electron chi connectivity index (χ2n) is 7.91. The topological polar surface area (TPSA) is 58.9 Å². The summed E-state index contributed by atoms with van der Waals surface area (Å²) in [4.78, 5) is 0. The van der Waals surface area contributed by atoms with Crippen molar-refractivity contribution in [2.45, 2.75) is 80.1 Å². The highest BCUT2D eigenvalue weighted by atomic mass is 16.5. The summed E-state index contributed by atoms with van der Waals surface area (Å²) in [6, 6.07) is 0. The summed E-state index contributed by atoms with van der Waals surface area (Å²) in [5, 5.41) is 21.4. The average Bonchev–Trinajstić information content (AvgIpc) is 2.57. The van der Waals surface area contributed by atoms with E-state index in [1.54, 1.807) is 0 Å². The zero-order valence-electron chi connectivity index (χ0n) is 17.5. The fourth-order valence-corrected chi connectivity index (χ4v) is 2.91. The van der Waals surface area contributed by atoms with Crippen molar-refractivity contribution in [2.24, 2.45) is 11.8 Å². The van der Waals surface area contributed by atoms with E-state index >= 15 is 0 Å². The van der Waals surface area contributed by atoms with Gasteiger partial charge in [-0.1, -0.05) is 54.4 Å². The molecule has 0 saturated carbocycles. The van der Waals surface area contributed by atoms with Crippen LogP contribution >= 0.6 is 0 Å². The molecule has 26 heavy (non-hydrogen) atoms. The van der Waals surface area contributed by atoms with E-state index in [1.807, 2.05) is 0 Å². The molecular formula is C22H38O4. The first kappa shape index (κ1) is 22.5. The van der Waals surface area contributed by atoms with Gasteiger partial charge in [-0.05, 0) is 37.5 Å². The van der Waals surface area contributed by atoms with Crippen molar-refractivity contribution in [3.63, 3.8) is 0 Å². The Morgan fingerprint density at radius 2 is 1.04 bits per heavy atom. The van der Waals surface area contributed by atoms with Crippen LogP contribution in [0.3, 0.4) is 0 Å². The van der Waals surface area contributed by atoms with Crippen LogP contribution in [0, 0.1) is 11.8 Å². The Kier molecular flexibility index (Phi) is 9.68. The molecule has 0 aliphatic heterocycles. The van der Waals surface area contributed by atoms with E-state index in [2.05, 4.69) is 41.5 Å². The minimum atomic E-state index is -0.0521. The maximum absolute atomic E-state index is 10.7. The van der Waals surface area contributed by atoms with Crippen molar-refractivity contribution in [1.82, 2.24) is 0 Å². The van der Waals surface area contributed by atoms with Gasteiger partial charge in [0.05, 0.1) is 13.2 Å². The van der Waals surface area contributed by atoms with Crippen LogP contribution in [0.15, 0.2) is 0 Å². The summed E-state index contributed by atoms with van der Waals surface area (Å²) >= 11 is 0. The Hall–Kier alpha value is -1.58. The third-order valence-corrected chi connectivity index (χ3v) is 4.26. The molecule has 150 valence electrons. The molecule has 0 spiro atoms. The number of hydrogen-bond acceptors (Lipinski definition) is 4. The van der Waals surface area contributed by atoms with Gasteiger partial charge < -0.3 is 19.7 Å². The first-order chi connectivity index (χ1) is 12.3. The summed E-state index contributed by atoms with van der Waals surface area (Å²) in [6.45, 7) is 13.8. The summed E-state index contributed by atoms with van der Waals surface area (Å²) in [6.07, 6.45) is 5.22. The normalized spacial score (nSPS) is 11.4. The average molecular weight is 367 g/mol. The fourth-order valence-electron chi connectivity index (χ4n) is 2.91. The van der Waals surface area contributed by atoms with Crippen molar-refractivity contribution < 1.29 is 19.7 Å². The molecule has 0 saturated heterocycles. The standard InChI is InChI=1S/C22H38O4/c1-7-9-11-25-21-17(13-15(3)4)19(23)20(24)18(14-16(5)6)22(21)26-12-10-8-2/h15-16,23-24H,7-14H2,1-6H3. The lowest BCUT2D eigenvalue weighted by Gasteiger charge is -2.23. The van der Waals surface area contributed by atoms with Crippen LogP contribution in [0.1, 0.15) is 78.4 Å². The van der Waals surface area contributed by atoms with Crippen molar-refractivity contribution >= 4 is 0 Å². The van der Waals surface area contributed by atoms with E-state index in [0.29, 0.717) is 60.5 Å². The van der Waals surface area contributed by atoms with Gasteiger partial charge >= 0.3 is 0 Å². The van der Waals surface area contributed by atoms with Crippen LogP contribution in [-0.4, -0.2) is 23.4 Å². The molecule has 1 aromatic rings. The van der Waals surface area contributed by atoms with Gasteiger partial charge in [-0.3, -0.25) is 0 Å². The van der Waals surface area contributed by atoms with E-state index in [4.69, 9.17) is 9.47 Å². The predicted octanol–water partition coefficient (Wildman–Crippen LogP) is 5.85. The zero-order chi connectivity index (χ0) is 19.7. The molecule has 4 nitrogen and oxygen atoms in total. The molecule has 0 amide bonds. The molecule has 0 unspecified atom stereocenters. The predicted molar refractivity (Wildman–Crippen MR) is 108 cm³/mol. The maximum Gasteiger partial charge on any atom is 0.168 e. The number of phenols is 2. The Labute approximate surface area is 159 Å². The van der Waals surface area contributed by atoms with Gasteiger partial charge in [0.25, 0.3) is 0 Å². The van der Waals surface area contributed by atoms with Gasteiger partial charge in [0.15, 0.2) is 23.0 Å². The summed E-state index contributed by atoms with van der Waals surface area (Å²) in [5.41, 5.74) is 1.32. The quantitative estimate of drug-likeness (QED) is 0.360. The van der Waals surface area contributed by atoms with Crippen LogP contribution in [-0.2, 0) is 12.8 Å². The Bertz CT molecular complexity index is 501. The summed E-state index contributed by atoms with van der Waals surface area (Å²) in [7, 11) is 0. The third-order valence-electron chi connectivity index (χ3n) is 4.26. The molecule has 0 heterocycles. The maximum atomic E-state index is 10.7. The number of aromatic hydroxyl groups is 2. The molecule has 0 aliphatic rings. The Balaban J connectivity index is 3.47. The molecule has 1 aromatic carbocycles. The molecule has 4 heteroatoms. The van der Waals surface area contributed by atoms with Crippen LogP contribution in [0.25, 0.3) is 0 Å². The summed E-state index contributed by atoms with van der Waals surface area (Å²) < 4.78 is 12.2. The van der Waals surface area contributed by atoms with Crippen molar-refractivity contribution in [1.29, 1.82) is 0 Å². The Morgan fingerprint density at radius 1 is 0.692 bits per heavy atom. The highest BCUT2D eigenvalue weighted by molar-refractivity contribution is 5.65. The summed E-state index contributed by atoms with van der Waals surface area (Å²) in [5.74, 6) is 1.79. The van der Waals surface area contributed by atoms with Gasteiger partial charge in [0.2, 0.25) is 0 Å². The van der Waals surface area contributed by atoms with Crippen molar-refractivity contribution in [2.75, 3.05) is 13.2 Å². The molecule has 0 radical (unpaired) electrons. The Morgan fingerprint density at radius 3 is 1.31 bits per heavy atom. The first-order valence-corrected chi connectivity index (χ1v) is 10.2. The molecule has 2 N–H and O–H groups in total. The second-order valence-corrected chi connectivity index (χ2v) is 7.91. The van der Waals surface area contributed by atoms with Crippen LogP contribution in [0.4, 0.5) is 0 Å². The SMILES string of the molecule is CCCCOc1c(CC(C)C)c(O)c(O)c(CC(C)C)c1OCCCC. The van der Waals surface area contributed by atoms with E-state index in [1.165, 1.54) is 0 Å². The molecule has 0 bridgehead atoms. The van der Waals surface area contributed by atoms with Gasteiger partial charge in [-0.2, -0.15) is 0 Å². The van der Waals surface area contributed by atoms with Crippen LogP contribution in [0.2, 0.25) is 0 Å². The highest BCUT2D eigenvalue weighted by Gasteiger charge is 2.27.